The number of nitrogens with zero attached hydrogens (tertiary/aromatic N) is 1. The molecule has 1 aromatic heterocycles. The summed E-state index contributed by atoms with van der Waals surface area (Å²) in [6.45, 7) is 4.24. The van der Waals surface area contributed by atoms with Crippen LogP contribution in [-0.4, -0.2) is 42.0 Å². The molecule has 1 unspecified atom stereocenters. The van der Waals surface area contributed by atoms with E-state index in [9.17, 15) is 4.79 Å². The van der Waals surface area contributed by atoms with E-state index >= 15 is 0 Å². The van der Waals surface area contributed by atoms with Crippen LogP contribution in [0.2, 0.25) is 0 Å². The number of amides is 1. The van der Waals surface area contributed by atoms with E-state index in [4.69, 9.17) is 0 Å². The van der Waals surface area contributed by atoms with Gasteiger partial charge in [0.1, 0.15) is 0 Å². The Kier molecular flexibility index (Phi) is 3.87. The first-order valence-electron chi connectivity index (χ1n) is 7.43. The minimum Gasteiger partial charge on any atom is -0.367 e. The summed E-state index contributed by atoms with van der Waals surface area (Å²) in [7, 11) is 0. The van der Waals surface area contributed by atoms with E-state index in [-0.39, 0.29) is 5.91 Å². The van der Waals surface area contributed by atoms with Crippen LogP contribution in [0.25, 0.3) is 0 Å². The highest BCUT2D eigenvalue weighted by Crippen LogP contribution is 2.30. The zero-order valence-electron chi connectivity index (χ0n) is 11.4. The van der Waals surface area contributed by atoms with Crippen LogP contribution < -0.4 is 5.32 Å². The summed E-state index contributed by atoms with van der Waals surface area (Å²) >= 11 is 0. The highest BCUT2D eigenvalue weighted by molar-refractivity contribution is 5.79. The van der Waals surface area contributed by atoms with Gasteiger partial charge in [0.25, 0.3) is 0 Å². The molecule has 4 heteroatoms. The van der Waals surface area contributed by atoms with E-state index in [1.807, 2.05) is 18.5 Å². The standard InChI is InChI=1S/C15H23N3O/c19-15(9-12-1-5-17-10-12)18-8-4-14(11-18)13-2-6-16-7-3-13/h1,5,10,13-14,16-17H,2-4,6-9,11H2. The summed E-state index contributed by atoms with van der Waals surface area (Å²) < 4.78 is 0. The summed E-state index contributed by atoms with van der Waals surface area (Å²) in [6, 6.07) is 1.98. The van der Waals surface area contributed by atoms with Crippen molar-refractivity contribution in [1.82, 2.24) is 15.2 Å². The highest BCUT2D eigenvalue weighted by atomic mass is 16.2. The first-order valence-corrected chi connectivity index (χ1v) is 7.43. The quantitative estimate of drug-likeness (QED) is 0.864. The van der Waals surface area contributed by atoms with Crippen LogP contribution >= 0.6 is 0 Å². The molecule has 3 rings (SSSR count). The number of piperidine rings is 1. The number of aromatic nitrogens is 1. The van der Waals surface area contributed by atoms with E-state index in [2.05, 4.69) is 15.2 Å². The van der Waals surface area contributed by atoms with E-state index in [1.165, 1.54) is 19.3 Å². The molecule has 2 saturated heterocycles. The molecule has 0 saturated carbocycles. The molecule has 2 N–H and O–H groups in total. The van der Waals surface area contributed by atoms with Crippen molar-refractivity contribution in [3.63, 3.8) is 0 Å². The maximum Gasteiger partial charge on any atom is 0.227 e. The molecule has 1 amide bonds. The van der Waals surface area contributed by atoms with Crippen LogP contribution in [0.1, 0.15) is 24.8 Å². The lowest BCUT2D eigenvalue weighted by atomic mass is 9.84. The normalized spacial score (nSPS) is 24.8. The molecule has 2 aliphatic rings. The number of hydrogen-bond acceptors (Lipinski definition) is 2. The summed E-state index contributed by atoms with van der Waals surface area (Å²) in [5, 5.41) is 3.42. The summed E-state index contributed by atoms with van der Waals surface area (Å²) in [5.74, 6) is 1.85. The second kappa shape index (κ2) is 5.78. The van der Waals surface area contributed by atoms with Crippen molar-refractivity contribution >= 4 is 5.91 Å². The van der Waals surface area contributed by atoms with Gasteiger partial charge in [0, 0.05) is 25.5 Å². The maximum atomic E-state index is 12.2. The number of hydrogen-bond donors (Lipinski definition) is 2. The van der Waals surface area contributed by atoms with E-state index in [1.54, 1.807) is 0 Å². The molecule has 1 aromatic rings. The molecule has 19 heavy (non-hydrogen) atoms. The van der Waals surface area contributed by atoms with Gasteiger partial charge in [-0.2, -0.15) is 0 Å². The van der Waals surface area contributed by atoms with Gasteiger partial charge in [-0.05, 0) is 55.8 Å². The number of nitrogens with one attached hydrogen (secondary N) is 2. The smallest absolute Gasteiger partial charge is 0.227 e. The fraction of sp³-hybridized carbons (Fsp3) is 0.667. The molecule has 4 nitrogen and oxygen atoms in total. The van der Waals surface area contributed by atoms with Gasteiger partial charge in [0.05, 0.1) is 6.42 Å². The van der Waals surface area contributed by atoms with Gasteiger partial charge >= 0.3 is 0 Å². The minimum atomic E-state index is 0.288. The summed E-state index contributed by atoms with van der Waals surface area (Å²) in [5.41, 5.74) is 1.09. The van der Waals surface area contributed by atoms with Crippen molar-refractivity contribution in [1.29, 1.82) is 0 Å². The predicted octanol–water partition coefficient (Wildman–Crippen LogP) is 1.41. The van der Waals surface area contributed by atoms with Gasteiger partial charge in [0.2, 0.25) is 5.91 Å². The Morgan fingerprint density at radius 1 is 1.26 bits per heavy atom. The molecule has 0 bridgehead atoms. The van der Waals surface area contributed by atoms with Crippen molar-refractivity contribution in [2.75, 3.05) is 26.2 Å². The Bertz CT molecular complexity index is 409. The lowest BCUT2D eigenvalue weighted by molar-refractivity contribution is -0.129. The molecule has 104 valence electrons. The van der Waals surface area contributed by atoms with E-state index in [0.717, 1.165) is 43.6 Å². The van der Waals surface area contributed by atoms with Crippen LogP contribution in [0.5, 0.6) is 0 Å². The monoisotopic (exact) mass is 261 g/mol. The number of likely N-dealkylation sites (tertiary alicyclic amines) is 1. The van der Waals surface area contributed by atoms with Crippen molar-refractivity contribution in [2.24, 2.45) is 11.8 Å². The average molecular weight is 261 g/mol. The van der Waals surface area contributed by atoms with Gasteiger partial charge in [-0.25, -0.2) is 0 Å². The fourth-order valence-electron chi connectivity index (χ4n) is 3.47. The van der Waals surface area contributed by atoms with Crippen molar-refractivity contribution < 1.29 is 4.79 Å². The Labute approximate surface area is 114 Å². The molecule has 2 fully saturated rings. The largest absolute Gasteiger partial charge is 0.367 e. The lowest BCUT2D eigenvalue weighted by Gasteiger charge is -2.28. The molecule has 0 radical (unpaired) electrons. The molecule has 0 aliphatic carbocycles. The molecule has 3 heterocycles. The van der Waals surface area contributed by atoms with Crippen molar-refractivity contribution in [2.45, 2.75) is 25.7 Å². The summed E-state index contributed by atoms with van der Waals surface area (Å²) in [6.07, 6.45) is 8.10. The average Bonchev–Trinajstić information content (AvgIpc) is 3.10. The molecular weight excluding hydrogens is 238 g/mol. The van der Waals surface area contributed by atoms with Crippen molar-refractivity contribution in [3.05, 3.63) is 24.0 Å². The summed E-state index contributed by atoms with van der Waals surface area (Å²) in [4.78, 5) is 17.3. The number of H-pyrrole nitrogens is 1. The third kappa shape index (κ3) is 3.00. The van der Waals surface area contributed by atoms with Crippen LogP contribution in [0.15, 0.2) is 18.5 Å². The number of rotatable bonds is 3. The molecular formula is C15H23N3O. The van der Waals surface area contributed by atoms with Crippen LogP contribution in [0, 0.1) is 11.8 Å². The number of aromatic amines is 1. The second-order valence-electron chi connectivity index (χ2n) is 5.87. The van der Waals surface area contributed by atoms with Gasteiger partial charge in [-0.15, -0.1) is 0 Å². The van der Waals surface area contributed by atoms with Gasteiger partial charge in [-0.3, -0.25) is 4.79 Å². The predicted molar refractivity (Wildman–Crippen MR) is 74.8 cm³/mol. The van der Waals surface area contributed by atoms with Crippen LogP contribution in [0.4, 0.5) is 0 Å². The first kappa shape index (κ1) is 12.7. The Morgan fingerprint density at radius 3 is 2.84 bits per heavy atom. The zero-order chi connectivity index (χ0) is 13.1. The Morgan fingerprint density at radius 2 is 2.11 bits per heavy atom. The third-order valence-electron chi connectivity index (χ3n) is 4.65. The first-order chi connectivity index (χ1) is 9.33. The molecule has 1 atom stereocenters. The zero-order valence-corrected chi connectivity index (χ0v) is 11.4. The fourth-order valence-corrected chi connectivity index (χ4v) is 3.47. The third-order valence-corrected chi connectivity index (χ3v) is 4.65. The Balaban J connectivity index is 1.52. The van der Waals surface area contributed by atoms with Gasteiger partial charge in [0.15, 0.2) is 0 Å². The highest BCUT2D eigenvalue weighted by Gasteiger charge is 2.32. The number of carbonyl (C=O) groups is 1. The second-order valence-corrected chi connectivity index (χ2v) is 5.87. The topological polar surface area (TPSA) is 48.1 Å². The Hall–Kier alpha value is -1.29. The van der Waals surface area contributed by atoms with Gasteiger partial charge < -0.3 is 15.2 Å². The van der Waals surface area contributed by atoms with Crippen molar-refractivity contribution in [3.8, 4) is 0 Å². The molecule has 0 aromatic carbocycles. The van der Waals surface area contributed by atoms with Crippen LogP contribution in [-0.2, 0) is 11.2 Å². The van der Waals surface area contributed by atoms with E-state index in [0.29, 0.717) is 6.42 Å². The minimum absolute atomic E-state index is 0.288. The SMILES string of the molecule is O=C(Cc1cc[nH]c1)N1CCC(C2CCNCC2)C1. The van der Waals surface area contributed by atoms with Gasteiger partial charge in [-0.1, -0.05) is 0 Å². The van der Waals surface area contributed by atoms with Crippen LogP contribution in [0.3, 0.4) is 0 Å². The molecule has 0 spiro atoms. The van der Waals surface area contributed by atoms with E-state index < -0.39 is 0 Å². The number of carbonyl (C=O) groups excluding carboxylic acids is 1. The molecule has 2 aliphatic heterocycles. The maximum absolute atomic E-state index is 12.2. The lowest BCUT2D eigenvalue weighted by Crippen LogP contribution is -2.34.